The maximum atomic E-state index is 3.92. The van der Waals surface area contributed by atoms with Gasteiger partial charge in [0.1, 0.15) is 0 Å². The lowest BCUT2D eigenvalue weighted by molar-refractivity contribution is -0.00000385. The fourth-order valence-corrected chi connectivity index (χ4v) is 3.87. The molecule has 2 heteroatoms. The van der Waals surface area contributed by atoms with Crippen molar-refractivity contribution in [2.75, 3.05) is 5.32 Å². The molecule has 1 spiro atoms. The summed E-state index contributed by atoms with van der Waals surface area (Å²) in [6, 6.07) is 6.82. The Hall–Kier alpha value is -0.690. The minimum Gasteiger partial charge on any atom is -1.00 e. The molecule has 2 aliphatic rings. The molecule has 1 unspecified atom stereocenters. The predicted molar refractivity (Wildman–Crippen MR) is 73.7 cm³/mol. The summed E-state index contributed by atoms with van der Waals surface area (Å²) >= 11 is 0. The van der Waals surface area contributed by atoms with Gasteiger partial charge in [0.15, 0.2) is 0 Å². The topological polar surface area (TPSA) is 12.0 Å². The molecule has 0 saturated heterocycles. The van der Waals surface area contributed by atoms with Gasteiger partial charge in [0.05, 0.1) is 0 Å². The number of para-hydroxylation sites is 1. The molecule has 0 bridgehead atoms. The highest BCUT2D eigenvalue weighted by atomic mass is 35.5. The van der Waals surface area contributed by atoms with Crippen molar-refractivity contribution in [1.82, 2.24) is 0 Å². The van der Waals surface area contributed by atoms with Crippen LogP contribution in [-0.2, 0) is 6.42 Å². The van der Waals surface area contributed by atoms with Crippen molar-refractivity contribution >= 4 is 5.69 Å². The Morgan fingerprint density at radius 1 is 1.28 bits per heavy atom. The molecule has 1 aliphatic carbocycles. The molecule has 0 amide bonds. The predicted octanol–water partition coefficient (Wildman–Crippen LogP) is 1.48. The summed E-state index contributed by atoms with van der Waals surface area (Å²) in [5.74, 6) is 0.718. The van der Waals surface area contributed by atoms with Crippen molar-refractivity contribution in [2.24, 2.45) is 0 Å². The third kappa shape index (κ3) is 2.14. The van der Waals surface area contributed by atoms with Gasteiger partial charge in [-0.15, -0.1) is 0 Å². The summed E-state index contributed by atoms with van der Waals surface area (Å²) in [7, 11) is 0. The van der Waals surface area contributed by atoms with Crippen molar-refractivity contribution in [3.8, 4) is 0 Å². The first-order chi connectivity index (χ1) is 8.24. The molecular weight excluding hydrogens is 242 g/mol. The highest BCUT2D eigenvalue weighted by Gasteiger charge is 2.39. The molecule has 1 nitrogen and oxygen atoms in total. The Morgan fingerprint density at radius 2 is 2.00 bits per heavy atom. The van der Waals surface area contributed by atoms with E-state index in [0.717, 1.165) is 12.3 Å². The van der Waals surface area contributed by atoms with Gasteiger partial charge in [0.25, 0.3) is 0 Å². The smallest absolute Gasteiger partial charge is 0.0412 e. The van der Waals surface area contributed by atoms with Gasteiger partial charge >= 0.3 is 0 Å². The molecule has 0 aromatic heterocycles. The van der Waals surface area contributed by atoms with E-state index in [2.05, 4.69) is 37.4 Å². The van der Waals surface area contributed by atoms with E-state index in [0.29, 0.717) is 5.54 Å². The lowest BCUT2D eigenvalue weighted by atomic mass is 9.78. The van der Waals surface area contributed by atoms with E-state index in [-0.39, 0.29) is 12.4 Å². The quantitative estimate of drug-likeness (QED) is 0.810. The van der Waals surface area contributed by atoms with Gasteiger partial charge in [-0.25, -0.2) is 0 Å². The Morgan fingerprint density at radius 3 is 2.67 bits per heavy atom. The van der Waals surface area contributed by atoms with Crippen LogP contribution in [0.2, 0.25) is 0 Å². The molecule has 1 N–H and O–H groups in total. The number of halogens is 1. The molecular formula is C16H23ClN-. The van der Waals surface area contributed by atoms with Crippen molar-refractivity contribution in [3.63, 3.8) is 0 Å². The molecule has 3 rings (SSSR count). The SMILES string of the molecule is CCc1cccc2c1NC1(CCCC1)CC2C.[Cl-]. The van der Waals surface area contributed by atoms with Gasteiger partial charge in [-0.2, -0.15) is 0 Å². The maximum absolute atomic E-state index is 3.92. The van der Waals surface area contributed by atoms with Crippen LogP contribution >= 0.6 is 0 Å². The van der Waals surface area contributed by atoms with Crippen LogP contribution in [0.4, 0.5) is 5.69 Å². The summed E-state index contributed by atoms with van der Waals surface area (Å²) < 4.78 is 0. The summed E-state index contributed by atoms with van der Waals surface area (Å²) in [6.07, 6.45) is 8.02. The maximum Gasteiger partial charge on any atom is 0.0412 e. The Labute approximate surface area is 117 Å². The van der Waals surface area contributed by atoms with Gasteiger partial charge < -0.3 is 17.7 Å². The van der Waals surface area contributed by atoms with Crippen LogP contribution in [0.1, 0.15) is 63.0 Å². The van der Waals surface area contributed by atoms with Crippen LogP contribution in [-0.4, -0.2) is 5.54 Å². The van der Waals surface area contributed by atoms with Crippen LogP contribution < -0.4 is 17.7 Å². The van der Waals surface area contributed by atoms with Crippen LogP contribution in [0.3, 0.4) is 0 Å². The van der Waals surface area contributed by atoms with Gasteiger partial charge in [-0.1, -0.05) is 44.9 Å². The molecule has 0 radical (unpaired) electrons. The second kappa shape index (κ2) is 5.13. The summed E-state index contributed by atoms with van der Waals surface area (Å²) in [5, 5.41) is 3.92. The number of aryl methyl sites for hydroxylation is 1. The highest BCUT2D eigenvalue weighted by Crippen LogP contribution is 2.47. The molecule has 1 fully saturated rings. The normalized spacial score (nSPS) is 24.2. The third-order valence-electron chi connectivity index (χ3n) is 4.74. The molecule has 1 saturated carbocycles. The van der Waals surface area contributed by atoms with Crippen LogP contribution in [0.5, 0.6) is 0 Å². The van der Waals surface area contributed by atoms with Crippen molar-refractivity contribution in [3.05, 3.63) is 29.3 Å². The average Bonchev–Trinajstić information content (AvgIpc) is 2.76. The first kappa shape index (κ1) is 13.7. The van der Waals surface area contributed by atoms with Gasteiger partial charge in [-0.3, -0.25) is 0 Å². The van der Waals surface area contributed by atoms with E-state index < -0.39 is 0 Å². The van der Waals surface area contributed by atoms with E-state index in [9.17, 15) is 0 Å². The van der Waals surface area contributed by atoms with Crippen LogP contribution in [0.25, 0.3) is 0 Å². The Balaban J connectivity index is 0.00000120. The van der Waals surface area contributed by atoms with E-state index >= 15 is 0 Å². The summed E-state index contributed by atoms with van der Waals surface area (Å²) in [6.45, 7) is 4.66. The largest absolute Gasteiger partial charge is 1.00 e. The lowest BCUT2D eigenvalue weighted by Gasteiger charge is -2.41. The van der Waals surface area contributed by atoms with E-state index in [1.165, 1.54) is 43.4 Å². The molecule has 1 heterocycles. The van der Waals surface area contributed by atoms with E-state index in [4.69, 9.17) is 0 Å². The summed E-state index contributed by atoms with van der Waals surface area (Å²) in [5.41, 5.74) is 4.94. The number of anilines is 1. The first-order valence-electron chi connectivity index (χ1n) is 7.14. The zero-order chi connectivity index (χ0) is 11.9. The van der Waals surface area contributed by atoms with Gasteiger partial charge in [0, 0.05) is 11.2 Å². The molecule has 1 aromatic rings. The van der Waals surface area contributed by atoms with Crippen molar-refractivity contribution in [2.45, 2.75) is 63.8 Å². The second-order valence-electron chi connectivity index (χ2n) is 5.95. The van der Waals surface area contributed by atoms with Gasteiger partial charge in [-0.05, 0) is 42.7 Å². The monoisotopic (exact) mass is 264 g/mol. The zero-order valence-electron chi connectivity index (χ0n) is 11.4. The number of nitrogens with one attached hydrogen (secondary N) is 1. The molecule has 1 aromatic carbocycles. The van der Waals surface area contributed by atoms with E-state index in [1.807, 2.05) is 0 Å². The standard InChI is InChI=1S/C16H23N.ClH/c1-3-13-7-6-8-14-12(2)11-16(17-15(13)14)9-4-5-10-16;/h6-8,12,17H,3-5,9-11H2,1-2H3;1H/p-1. The molecule has 1 atom stereocenters. The van der Waals surface area contributed by atoms with Crippen molar-refractivity contribution in [1.29, 1.82) is 0 Å². The molecule has 100 valence electrons. The first-order valence-corrected chi connectivity index (χ1v) is 7.14. The fraction of sp³-hybridized carbons (Fsp3) is 0.625. The van der Waals surface area contributed by atoms with Crippen LogP contribution in [0.15, 0.2) is 18.2 Å². The van der Waals surface area contributed by atoms with Crippen LogP contribution in [0, 0.1) is 0 Å². The minimum atomic E-state index is 0. The number of hydrogen-bond acceptors (Lipinski definition) is 1. The average molecular weight is 265 g/mol. The Bertz CT molecular complexity index is 421. The highest BCUT2D eigenvalue weighted by molar-refractivity contribution is 5.62. The zero-order valence-corrected chi connectivity index (χ0v) is 12.2. The third-order valence-corrected chi connectivity index (χ3v) is 4.74. The number of benzene rings is 1. The minimum absolute atomic E-state index is 0. The lowest BCUT2D eigenvalue weighted by Crippen LogP contribution is -3.00. The van der Waals surface area contributed by atoms with Gasteiger partial charge in [0.2, 0.25) is 0 Å². The number of hydrogen-bond donors (Lipinski definition) is 1. The summed E-state index contributed by atoms with van der Waals surface area (Å²) in [4.78, 5) is 0. The number of fused-ring (bicyclic) bond motifs is 1. The molecule has 18 heavy (non-hydrogen) atoms. The Kier molecular flexibility index (Phi) is 3.91. The van der Waals surface area contributed by atoms with E-state index in [1.54, 1.807) is 5.56 Å². The molecule has 1 aliphatic heterocycles. The fourth-order valence-electron chi connectivity index (χ4n) is 3.87. The van der Waals surface area contributed by atoms with Crippen molar-refractivity contribution < 1.29 is 12.4 Å². The second-order valence-corrected chi connectivity index (χ2v) is 5.95. The number of rotatable bonds is 1.